The van der Waals surface area contributed by atoms with Gasteiger partial charge in [-0.25, -0.2) is 4.79 Å². The molecule has 0 spiro atoms. The normalized spacial score (nSPS) is 10.6. The number of ether oxygens (including phenoxy) is 1. The zero-order valence-corrected chi connectivity index (χ0v) is 12.8. The molecule has 3 nitrogen and oxygen atoms in total. The molecule has 4 heteroatoms. The van der Waals surface area contributed by atoms with Gasteiger partial charge in [0.1, 0.15) is 5.75 Å². The number of fused-ring (bicyclic) bond motifs is 1. The van der Waals surface area contributed by atoms with Gasteiger partial charge in [0.25, 0.3) is 0 Å². The van der Waals surface area contributed by atoms with Crippen LogP contribution in [-0.4, -0.2) is 17.7 Å². The van der Waals surface area contributed by atoms with Gasteiger partial charge in [0, 0.05) is 0 Å². The molecule has 1 N–H and O–H groups in total. The lowest BCUT2D eigenvalue weighted by Gasteiger charge is -2.10. The Morgan fingerprint density at radius 1 is 1.32 bits per heavy atom. The molecule has 0 fully saturated rings. The average Bonchev–Trinajstić information content (AvgIpc) is 2.41. The van der Waals surface area contributed by atoms with E-state index in [0.717, 1.165) is 32.9 Å². The number of carboxylic acids is 1. The van der Waals surface area contributed by atoms with E-state index in [1.165, 1.54) is 0 Å². The third-order valence-electron chi connectivity index (χ3n) is 2.92. The van der Waals surface area contributed by atoms with E-state index in [1.54, 1.807) is 12.1 Å². The van der Waals surface area contributed by atoms with Gasteiger partial charge >= 0.3 is 5.97 Å². The van der Waals surface area contributed by atoms with Crippen LogP contribution in [0.1, 0.15) is 30.1 Å². The van der Waals surface area contributed by atoms with Crippen LogP contribution in [0.4, 0.5) is 0 Å². The SMILES string of the molecule is CCCCOc1ccc2cc(C(=O)O)ccc2c1I. The van der Waals surface area contributed by atoms with Crippen LogP contribution in [-0.2, 0) is 0 Å². The molecule has 0 aliphatic heterocycles. The minimum atomic E-state index is -0.903. The van der Waals surface area contributed by atoms with Gasteiger partial charge in [-0.2, -0.15) is 0 Å². The van der Waals surface area contributed by atoms with Gasteiger partial charge in [-0.1, -0.05) is 25.5 Å². The summed E-state index contributed by atoms with van der Waals surface area (Å²) in [5.41, 5.74) is 0.308. The summed E-state index contributed by atoms with van der Waals surface area (Å²) in [7, 11) is 0. The van der Waals surface area contributed by atoms with Crippen LogP contribution in [0.2, 0.25) is 0 Å². The van der Waals surface area contributed by atoms with E-state index in [9.17, 15) is 4.79 Å². The minimum Gasteiger partial charge on any atom is -0.492 e. The standard InChI is InChI=1S/C15H15IO3/c1-2-3-8-19-13-7-5-10-9-11(15(17)18)4-6-12(10)14(13)16/h4-7,9H,2-3,8H2,1H3,(H,17,18). The second kappa shape index (κ2) is 6.23. The molecule has 0 aromatic heterocycles. The number of benzene rings is 2. The third kappa shape index (κ3) is 3.18. The summed E-state index contributed by atoms with van der Waals surface area (Å²) in [6.45, 7) is 2.84. The number of halogens is 1. The Bertz CT molecular complexity index is 608. The van der Waals surface area contributed by atoms with E-state index in [4.69, 9.17) is 9.84 Å². The monoisotopic (exact) mass is 370 g/mol. The van der Waals surface area contributed by atoms with Gasteiger partial charge in [0.2, 0.25) is 0 Å². The van der Waals surface area contributed by atoms with Gasteiger partial charge in [-0.15, -0.1) is 0 Å². The first-order valence-corrected chi connectivity index (χ1v) is 7.29. The molecule has 0 saturated heterocycles. The van der Waals surface area contributed by atoms with Crippen molar-refractivity contribution in [3.05, 3.63) is 39.5 Å². The fraction of sp³-hybridized carbons (Fsp3) is 0.267. The number of unbranched alkanes of at least 4 members (excludes halogenated alkanes) is 1. The molecule has 2 rings (SSSR count). The van der Waals surface area contributed by atoms with Crippen molar-refractivity contribution in [2.24, 2.45) is 0 Å². The van der Waals surface area contributed by atoms with Gasteiger partial charge < -0.3 is 9.84 Å². The van der Waals surface area contributed by atoms with E-state index >= 15 is 0 Å². The molecule has 0 atom stereocenters. The molecular weight excluding hydrogens is 355 g/mol. The first-order chi connectivity index (χ1) is 9.13. The van der Waals surface area contributed by atoms with Gasteiger partial charge in [0.15, 0.2) is 0 Å². The smallest absolute Gasteiger partial charge is 0.335 e. The Kier molecular flexibility index (Phi) is 4.63. The maximum atomic E-state index is 10.9. The summed E-state index contributed by atoms with van der Waals surface area (Å²) in [6.07, 6.45) is 2.14. The summed E-state index contributed by atoms with van der Waals surface area (Å²) in [6, 6.07) is 8.97. The fourth-order valence-corrected chi connectivity index (χ4v) is 2.67. The summed E-state index contributed by atoms with van der Waals surface area (Å²) >= 11 is 2.25. The summed E-state index contributed by atoms with van der Waals surface area (Å²) in [5.74, 6) is -0.0372. The number of hydrogen-bond donors (Lipinski definition) is 1. The Balaban J connectivity index is 2.36. The topological polar surface area (TPSA) is 46.5 Å². The molecule has 0 aliphatic rings. The predicted octanol–water partition coefficient (Wildman–Crippen LogP) is 4.32. The second-order valence-corrected chi connectivity index (χ2v) is 5.40. The Labute approximate surface area is 125 Å². The molecule has 2 aromatic rings. The van der Waals surface area contributed by atoms with Crippen molar-refractivity contribution in [1.29, 1.82) is 0 Å². The number of aromatic carboxylic acids is 1. The number of rotatable bonds is 5. The molecule has 0 amide bonds. The molecule has 19 heavy (non-hydrogen) atoms. The van der Waals surface area contributed by atoms with Gasteiger partial charge in [-0.05, 0) is 58.0 Å². The van der Waals surface area contributed by atoms with E-state index in [1.807, 2.05) is 18.2 Å². The lowest BCUT2D eigenvalue weighted by atomic mass is 10.1. The van der Waals surface area contributed by atoms with Gasteiger partial charge in [0.05, 0.1) is 15.7 Å². The Morgan fingerprint density at radius 3 is 2.79 bits per heavy atom. The lowest BCUT2D eigenvalue weighted by molar-refractivity contribution is 0.0697. The van der Waals surface area contributed by atoms with Crippen LogP contribution < -0.4 is 4.74 Å². The van der Waals surface area contributed by atoms with Crippen LogP contribution in [0, 0.1) is 3.57 Å². The zero-order valence-electron chi connectivity index (χ0n) is 10.6. The Hall–Kier alpha value is -1.30. The summed E-state index contributed by atoms with van der Waals surface area (Å²) in [4.78, 5) is 10.9. The molecule has 0 radical (unpaired) electrons. The minimum absolute atomic E-state index is 0.308. The Morgan fingerprint density at radius 2 is 2.11 bits per heavy atom. The molecule has 2 aromatic carbocycles. The van der Waals surface area contributed by atoms with E-state index in [0.29, 0.717) is 12.2 Å². The maximum absolute atomic E-state index is 10.9. The maximum Gasteiger partial charge on any atom is 0.335 e. The van der Waals surface area contributed by atoms with Crippen molar-refractivity contribution >= 4 is 39.3 Å². The zero-order chi connectivity index (χ0) is 13.8. The summed E-state index contributed by atoms with van der Waals surface area (Å²) < 4.78 is 6.77. The number of carboxylic acid groups (broad SMARTS) is 1. The van der Waals surface area contributed by atoms with Gasteiger partial charge in [-0.3, -0.25) is 0 Å². The molecular formula is C15H15IO3. The molecule has 0 unspecified atom stereocenters. The highest BCUT2D eigenvalue weighted by molar-refractivity contribution is 14.1. The van der Waals surface area contributed by atoms with Crippen molar-refractivity contribution < 1.29 is 14.6 Å². The van der Waals surface area contributed by atoms with Crippen molar-refractivity contribution in [2.45, 2.75) is 19.8 Å². The lowest BCUT2D eigenvalue weighted by Crippen LogP contribution is -1.99. The average molecular weight is 370 g/mol. The summed E-state index contributed by atoms with van der Waals surface area (Å²) in [5, 5.41) is 10.9. The third-order valence-corrected chi connectivity index (χ3v) is 4.03. The highest BCUT2D eigenvalue weighted by Crippen LogP contribution is 2.30. The van der Waals surface area contributed by atoms with E-state index < -0.39 is 5.97 Å². The van der Waals surface area contributed by atoms with Crippen LogP contribution in [0.3, 0.4) is 0 Å². The number of hydrogen-bond acceptors (Lipinski definition) is 2. The molecule has 0 saturated carbocycles. The molecule has 100 valence electrons. The molecule has 0 aliphatic carbocycles. The first kappa shape index (κ1) is 14.1. The van der Waals surface area contributed by atoms with Crippen molar-refractivity contribution in [1.82, 2.24) is 0 Å². The van der Waals surface area contributed by atoms with Crippen molar-refractivity contribution in [3.8, 4) is 5.75 Å². The van der Waals surface area contributed by atoms with Crippen molar-refractivity contribution in [2.75, 3.05) is 6.61 Å². The molecule has 0 bridgehead atoms. The fourth-order valence-electron chi connectivity index (χ4n) is 1.84. The van der Waals surface area contributed by atoms with E-state index in [2.05, 4.69) is 29.5 Å². The predicted molar refractivity (Wildman–Crippen MR) is 84.0 cm³/mol. The largest absolute Gasteiger partial charge is 0.492 e. The molecule has 0 heterocycles. The quantitative estimate of drug-likeness (QED) is 0.630. The van der Waals surface area contributed by atoms with E-state index in [-0.39, 0.29) is 0 Å². The van der Waals surface area contributed by atoms with Crippen LogP contribution >= 0.6 is 22.6 Å². The highest BCUT2D eigenvalue weighted by Gasteiger charge is 2.09. The highest BCUT2D eigenvalue weighted by atomic mass is 127. The first-order valence-electron chi connectivity index (χ1n) is 6.22. The van der Waals surface area contributed by atoms with Crippen LogP contribution in [0.25, 0.3) is 10.8 Å². The number of carbonyl (C=O) groups is 1. The van der Waals surface area contributed by atoms with Crippen molar-refractivity contribution in [3.63, 3.8) is 0 Å². The van der Waals surface area contributed by atoms with Crippen LogP contribution in [0.15, 0.2) is 30.3 Å². The van der Waals surface area contributed by atoms with Crippen LogP contribution in [0.5, 0.6) is 5.75 Å². The second-order valence-electron chi connectivity index (χ2n) is 4.32.